The Morgan fingerprint density at radius 1 is 0.250 bits per heavy atom. The first-order chi connectivity index (χ1) is 25.7. The molecule has 1 aliphatic rings. The summed E-state index contributed by atoms with van der Waals surface area (Å²) in [6, 6.07) is 69.2. The summed E-state index contributed by atoms with van der Waals surface area (Å²) in [7, 11) is 0. The molecular formula is C50H32N2. The van der Waals surface area contributed by atoms with Gasteiger partial charge in [-0.05, 0) is 90.7 Å². The maximum atomic E-state index is 5.07. The second kappa shape index (κ2) is 12.5. The molecule has 0 fully saturated rings. The molecule has 1 heterocycles. The first kappa shape index (κ1) is 30.0. The third kappa shape index (κ3) is 5.30. The topological polar surface area (TPSA) is 25.8 Å². The molecule has 1 aliphatic carbocycles. The van der Waals surface area contributed by atoms with Gasteiger partial charge in [0.1, 0.15) is 0 Å². The Bertz CT molecular complexity index is 2750. The van der Waals surface area contributed by atoms with Crippen molar-refractivity contribution < 1.29 is 0 Å². The molecule has 0 N–H and O–H groups in total. The van der Waals surface area contributed by atoms with Gasteiger partial charge in [0, 0.05) is 16.7 Å². The summed E-state index contributed by atoms with van der Waals surface area (Å²) >= 11 is 0. The Morgan fingerprint density at radius 2 is 0.731 bits per heavy atom. The standard InChI is InChI=1S/C50H32N2/c1-3-11-33(12-4-1)39-15-9-16-40(29-39)48-32-47(51-50(52-48)38-13-5-2-6-14-38)37-27-25-35(26-28-37)34-21-23-36(24-22-34)42-30-41-17-10-20-45-43-18-7-8-19-44(43)46(31-42)49(41)45/h1-32H. The average Bonchev–Trinajstić information content (AvgIpc) is 3.56. The first-order valence-electron chi connectivity index (χ1n) is 17.7. The Morgan fingerprint density at radius 3 is 1.42 bits per heavy atom. The fourth-order valence-corrected chi connectivity index (χ4v) is 7.62. The highest BCUT2D eigenvalue weighted by atomic mass is 14.9. The van der Waals surface area contributed by atoms with Crippen LogP contribution in [0.1, 0.15) is 0 Å². The molecule has 242 valence electrons. The van der Waals surface area contributed by atoms with Gasteiger partial charge in [-0.25, -0.2) is 9.97 Å². The minimum atomic E-state index is 0.713. The van der Waals surface area contributed by atoms with E-state index in [-0.39, 0.29) is 0 Å². The van der Waals surface area contributed by atoms with E-state index in [0.29, 0.717) is 5.82 Å². The van der Waals surface area contributed by atoms with Crippen LogP contribution in [0.4, 0.5) is 0 Å². The number of hydrogen-bond acceptors (Lipinski definition) is 2. The highest BCUT2D eigenvalue weighted by Crippen LogP contribution is 2.48. The van der Waals surface area contributed by atoms with Gasteiger partial charge in [0.05, 0.1) is 11.4 Å². The monoisotopic (exact) mass is 660 g/mol. The van der Waals surface area contributed by atoms with Crippen LogP contribution in [0.15, 0.2) is 194 Å². The van der Waals surface area contributed by atoms with Crippen molar-refractivity contribution in [2.45, 2.75) is 0 Å². The molecule has 0 saturated heterocycles. The van der Waals surface area contributed by atoms with Crippen LogP contribution in [0.2, 0.25) is 0 Å². The third-order valence-electron chi connectivity index (χ3n) is 10.2. The lowest BCUT2D eigenvalue weighted by Crippen LogP contribution is -1.96. The van der Waals surface area contributed by atoms with Gasteiger partial charge < -0.3 is 0 Å². The fourth-order valence-electron chi connectivity index (χ4n) is 7.62. The first-order valence-corrected chi connectivity index (χ1v) is 17.7. The normalized spacial score (nSPS) is 11.5. The number of fused-ring (bicyclic) bond motifs is 3. The van der Waals surface area contributed by atoms with Gasteiger partial charge in [-0.1, -0.05) is 170 Å². The van der Waals surface area contributed by atoms with Crippen LogP contribution in [0.3, 0.4) is 0 Å². The minimum absolute atomic E-state index is 0.713. The van der Waals surface area contributed by atoms with E-state index in [0.717, 1.165) is 33.6 Å². The molecule has 0 spiro atoms. The minimum Gasteiger partial charge on any atom is -0.228 e. The molecular weight excluding hydrogens is 629 g/mol. The lowest BCUT2D eigenvalue weighted by Gasteiger charge is -2.11. The van der Waals surface area contributed by atoms with E-state index in [4.69, 9.17) is 9.97 Å². The molecule has 0 atom stereocenters. The zero-order valence-corrected chi connectivity index (χ0v) is 28.4. The summed E-state index contributed by atoms with van der Waals surface area (Å²) in [6.45, 7) is 0. The van der Waals surface area contributed by atoms with E-state index in [9.17, 15) is 0 Å². The molecule has 9 aromatic rings. The molecule has 0 amide bonds. The number of aromatic nitrogens is 2. The summed E-state index contributed by atoms with van der Waals surface area (Å²) in [6.07, 6.45) is 0. The summed E-state index contributed by atoms with van der Waals surface area (Å²) < 4.78 is 0. The zero-order chi connectivity index (χ0) is 34.4. The van der Waals surface area contributed by atoms with Gasteiger partial charge in [0.15, 0.2) is 5.82 Å². The molecule has 2 heteroatoms. The lowest BCUT2D eigenvalue weighted by molar-refractivity contribution is 1.18. The maximum absolute atomic E-state index is 5.07. The van der Waals surface area contributed by atoms with Crippen LogP contribution < -0.4 is 0 Å². The number of hydrogen-bond donors (Lipinski definition) is 0. The van der Waals surface area contributed by atoms with Crippen molar-refractivity contribution in [3.63, 3.8) is 0 Å². The molecule has 10 rings (SSSR count). The highest BCUT2D eigenvalue weighted by Gasteiger charge is 2.21. The van der Waals surface area contributed by atoms with E-state index in [2.05, 4.69) is 170 Å². The zero-order valence-electron chi connectivity index (χ0n) is 28.4. The predicted octanol–water partition coefficient (Wildman–Crippen LogP) is 13.3. The molecule has 0 radical (unpaired) electrons. The van der Waals surface area contributed by atoms with Gasteiger partial charge in [-0.15, -0.1) is 0 Å². The van der Waals surface area contributed by atoms with Crippen molar-refractivity contribution in [2.75, 3.05) is 0 Å². The van der Waals surface area contributed by atoms with Crippen LogP contribution in [-0.2, 0) is 0 Å². The summed E-state index contributed by atoms with van der Waals surface area (Å²) in [4.78, 5) is 10.1. The molecule has 2 nitrogen and oxygen atoms in total. The van der Waals surface area contributed by atoms with Crippen molar-refractivity contribution in [3.05, 3.63) is 194 Å². The van der Waals surface area contributed by atoms with Crippen molar-refractivity contribution in [1.82, 2.24) is 9.97 Å². The lowest BCUT2D eigenvalue weighted by atomic mass is 9.94. The molecule has 8 aromatic carbocycles. The van der Waals surface area contributed by atoms with Gasteiger partial charge in [-0.2, -0.15) is 0 Å². The Hall–Kier alpha value is -6.90. The maximum Gasteiger partial charge on any atom is 0.160 e. The van der Waals surface area contributed by atoms with Crippen LogP contribution in [-0.4, -0.2) is 9.97 Å². The van der Waals surface area contributed by atoms with Crippen LogP contribution in [0.25, 0.3) is 100 Å². The average molecular weight is 661 g/mol. The smallest absolute Gasteiger partial charge is 0.160 e. The number of rotatable bonds is 6. The van der Waals surface area contributed by atoms with Crippen molar-refractivity contribution in [3.8, 4) is 89.5 Å². The van der Waals surface area contributed by atoms with E-state index in [1.165, 1.54) is 60.8 Å². The summed E-state index contributed by atoms with van der Waals surface area (Å²) in [5, 5.41) is 2.64. The van der Waals surface area contributed by atoms with Crippen LogP contribution in [0.5, 0.6) is 0 Å². The second-order valence-corrected chi connectivity index (χ2v) is 13.4. The molecule has 0 unspecified atom stereocenters. The largest absolute Gasteiger partial charge is 0.228 e. The Kier molecular flexibility index (Phi) is 7.18. The van der Waals surface area contributed by atoms with Crippen LogP contribution >= 0.6 is 0 Å². The van der Waals surface area contributed by atoms with Gasteiger partial charge in [0.2, 0.25) is 0 Å². The SMILES string of the molecule is c1ccc(-c2cccc(-c3cc(-c4ccc(-c5ccc(-c6cc7c8c(cccc8c6)-c6ccccc6-7)cc5)cc4)nc(-c4ccccc4)n3)c2)cc1. The molecule has 0 aliphatic heterocycles. The molecule has 0 saturated carbocycles. The van der Waals surface area contributed by atoms with Gasteiger partial charge in [0.25, 0.3) is 0 Å². The quantitative estimate of drug-likeness (QED) is 0.177. The van der Waals surface area contributed by atoms with E-state index in [1.807, 2.05) is 24.3 Å². The molecule has 0 bridgehead atoms. The predicted molar refractivity (Wildman–Crippen MR) is 217 cm³/mol. The van der Waals surface area contributed by atoms with Crippen LogP contribution in [0, 0.1) is 0 Å². The Labute approximate surface area is 303 Å². The summed E-state index contributed by atoms with van der Waals surface area (Å²) in [5.41, 5.74) is 17.3. The Balaban J connectivity index is 0.978. The van der Waals surface area contributed by atoms with Crippen molar-refractivity contribution >= 4 is 10.8 Å². The van der Waals surface area contributed by atoms with E-state index in [1.54, 1.807) is 0 Å². The molecule has 1 aromatic heterocycles. The van der Waals surface area contributed by atoms with Gasteiger partial charge >= 0.3 is 0 Å². The third-order valence-corrected chi connectivity index (χ3v) is 10.2. The number of nitrogens with zero attached hydrogens (tertiary/aromatic N) is 2. The molecule has 52 heavy (non-hydrogen) atoms. The number of benzene rings is 8. The fraction of sp³-hybridized carbons (Fsp3) is 0. The van der Waals surface area contributed by atoms with Gasteiger partial charge in [-0.3, -0.25) is 0 Å². The van der Waals surface area contributed by atoms with E-state index < -0.39 is 0 Å². The van der Waals surface area contributed by atoms with Crippen molar-refractivity contribution in [1.29, 1.82) is 0 Å². The second-order valence-electron chi connectivity index (χ2n) is 13.4. The summed E-state index contributed by atoms with van der Waals surface area (Å²) in [5.74, 6) is 0.713. The van der Waals surface area contributed by atoms with E-state index >= 15 is 0 Å². The van der Waals surface area contributed by atoms with Crippen molar-refractivity contribution in [2.24, 2.45) is 0 Å². The highest BCUT2D eigenvalue weighted by molar-refractivity contribution is 6.16.